The topological polar surface area (TPSA) is 37.3 Å². The largest absolute Gasteiger partial charge is 0.380 e. The quantitative estimate of drug-likeness (QED) is 0.767. The molecule has 0 atom stereocenters. The molecule has 1 heterocycles. The Hall–Kier alpha value is -1.97. The molecule has 0 aliphatic carbocycles. The van der Waals surface area contributed by atoms with Crippen LogP contribution in [-0.2, 0) is 10.4 Å². The molecule has 3 heteroatoms. The van der Waals surface area contributed by atoms with Gasteiger partial charge in [-0.25, -0.2) is 0 Å². The molecule has 0 bridgehead atoms. The highest BCUT2D eigenvalue weighted by atomic mass is 16.3. The van der Waals surface area contributed by atoms with Crippen molar-refractivity contribution in [3.05, 3.63) is 71.8 Å². The summed E-state index contributed by atoms with van der Waals surface area (Å²) in [5.41, 5.74) is 0.288. The molecule has 0 aromatic heterocycles. The van der Waals surface area contributed by atoms with Crippen LogP contribution < -0.4 is 0 Å². The lowest BCUT2D eigenvalue weighted by atomic mass is 9.82. The molecule has 138 valence electrons. The summed E-state index contributed by atoms with van der Waals surface area (Å²) in [4.78, 5) is 12.8. The molecule has 1 fully saturated rings. The van der Waals surface area contributed by atoms with E-state index in [9.17, 15) is 9.90 Å². The second-order valence-electron chi connectivity index (χ2n) is 7.91. The highest BCUT2D eigenvalue weighted by molar-refractivity contribution is 5.80. The maximum atomic E-state index is 12.8. The number of aliphatic hydroxyl groups is 1. The molecule has 2 aromatic rings. The Balaban J connectivity index is 1.75. The number of hydrogen-bond donors (Lipinski definition) is 1. The molecule has 0 radical (unpaired) electrons. The second kappa shape index (κ2) is 8.15. The van der Waals surface area contributed by atoms with Crippen molar-refractivity contribution in [3.8, 4) is 0 Å². The lowest BCUT2D eigenvalue weighted by Gasteiger charge is -2.38. The van der Waals surface area contributed by atoms with Crippen LogP contribution in [-0.4, -0.2) is 42.1 Å². The van der Waals surface area contributed by atoms with E-state index in [1.807, 2.05) is 60.7 Å². The molecule has 1 aliphatic heterocycles. The van der Waals surface area contributed by atoms with Gasteiger partial charge in [0.05, 0.1) is 33.1 Å². The average molecular weight is 352 g/mol. The number of nitrogens with zero attached hydrogens (tertiary/aromatic N) is 1. The Kier molecular flexibility index (Phi) is 5.90. The van der Waals surface area contributed by atoms with Crippen molar-refractivity contribution >= 4 is 5.78 Å². The van der Waals surface area contributed by atoms with Crippen molar-refractivity contribution in [2.45, 2.75) is 37.7 Å². The van der Waals surface area contributed by atoms with Crippen LogP contribution in [0, 0.1) is 0 Å². The summed E-state index contributed by atoms with van der Waals surface area (Å²) in [7, 11) is 2.26. The van der Waals surface area contributed by atoms with Crippen LogP contribution in [0.2, 0.25) is 0 Å². The third-order valence-electron chi connectivity index (χ3n) is 5.78. The van der Waals surface area contributed by atoms with Crippen LogP contribution in [0.5, 0.6) is 0 Å². The van der Waals surface area contributed by atoms with Crippen LogP contribution in [0.15, 0.2) is 60.7 Å². The highest BCUT2D eigenvalue weighted by Gasteiger charge is 2.35. The van der Waals surface area contributed by atoms with Gasteiger partial charge in [-0.05, 0) is 30.4 Å². The predicted molar refractivity (Wildman–Crippen MR) is 105 cm³/mol. The average Bonchev–Trinajstić information content (AvgIpc) is 2.68. The number of rotatable bonds is 7. The molecule has 0 spiro atoms. The summed E-state index contributed by atoms with van der Waals surface area (Å²) in [6.45, 7) is 3.20. The Morgan fingerprint density at radius 2 is 1.42 bits per heavy atom. The number of carbonyl (C=O) groups excluding carboxylic acids is 1. The molecule has 2 aromatic carbocycles. The normalized spacial score (nSPS) is 17.0. The van der Waals surface area contributed by atoms with Gasteiger partial charge in [0.1, 0.15) is 11.4 Å². The SMILES string of the molecule is C[N+]1(CCC(=O)CC(O)(c2ccccc2)c2ccccc2)CCCCC1. The van der Waals surface area contributed by atoms with E-state index in [-0.39, 0.29) is 12.2 Å². The number of benzene rings is 2. The smallest absolute Gasteiger partial charge is 0.142 e. The maximum Gasteiger partial charge on any atom is 0.142 e. The number of quaternary nitrogens is 1. The van der Waals surface area contributed by atoms with Crippen molar-refractivity contribution in [3.63, 3.8) is 0 Å². The maximum absolute atomic E-state index is 12.8. The Morgan fingerprint density at radius 3 is 1.92 bits per heavy atom. The summed E-state index contributed by atoms with van der Waals surface area (Å²) in [6, 6.07) is 19.1. The first kappa shape index (κ1) is 18.8. The Labute approximate surface area is 156 Å². The van der Waals surface area contributed by atoms with Crippen LogP contribution in [0.4, 0.5) is 0 Å². The van der Waals surface area contributed by atoms with Gasteiger partial charge in [0.25, 0.3) is 0 Å². The van der Waals surface area contributed by atoms with E-state index in [2.05, 4.69) is 7.05 Å². The van der Waals surface area contributed by atoms with Gasteiger partial charge in [0.2, 0.25) is 0 Å². The van der Waals surface area contributed by atoms with Gasteiger partial charge in [0.15, 0.2) is 0 Å². The van der Waals surface area contributed by atoms with E-state index in [0.29, 0.717) is 6.42 Å². The van der Waals surface area contributed by atoms with Gasteiger partial charge in [-0.3, -0.25) is 4.79 Å². The first-order valence-corrected chi connectivity index (χ1v) is 9.71. The Bertz CT molecular complexity index is 666. The molecule has 0 unspecified atom stereocenters. The first-order valence-electron chi connectivity index (χ1n) is 9.71. The molecule has 1 aliphatic rings. The standard InChI is InChI=1S/C23H30NO2/c1-24(16-9-4-10-17-24)18-15-22(25)19-23(26,20-11-5-2-6-12-20)21-13-7-3-8-14-21/h2-3,5-8,11-14,26H,4,9-10,15-19H2,1H3/q+1. The van der Waals surface area contributed by atoms with E-state index in [1.54, 1.807) is 0 Å². The van der Waals surface area contributed by atoms with Crippen molar-refractivity contribution in [2.24, 2.45) is 0 Å². The van der Waals surface area contributed by atoms with Gasteiger partial charge in [-0.1, -0.05) is 60.7 Å². The van der Waals surface area contributed by atoms with E-state index in [1.165, 1.54) is 19.3 Å². The second-order valence-corrected chi connectivity index (χ2v) is 7.91. The van der Waals surface area contributed by atoms with Gasteiger partial charge in [-0.2, -0.15) is 0 Å². The van der Waals surface area contributed by atoms with E-state index < -0.39 is 5.60 Å². The van der Waals surface area contributed by atoms with Crippen molar-refractivity contribution in [1.82, 2.24) is 0 Å². The minimum Gasteiger partial charge on any atom is -0.380 e. The van der Waals surface area contributed by atoms with E-state index in [0.717, 1.165) is 35.2 Å². The lowest BCUT2D eigenvalue weighted by molar-refractivity contribution is -0.913. The number of likely N-dealkylation sites (tertiary alicyclic amines) is 1. The summed E-state index contributed by atoms with van der Waals surface area (Å²) >= 11 is 0. The molecule has 1 saturated heterocycles. The Morgan fingerprint density at radius 1 is 0.923 bits per heavy atom. The summed E-state index contributed by atoms with van der Waals surface area (Å²) in [5.74, 6) is 0.130. The zero-order valence-corrected chi connectivity index (χ0v) is 15.7. The fourth-order valence-electron chi connectivity index (χ4n) is 4.07. The number of piperidine rings is 1. The molecule has 0 amide bonds. The fraction of sp³-hybridized carbons (Fsp3) is 0.435. The van der Waals surface area contributed by atoms with Crippen molar-refractivity contribution in [1.29, 1.82) is 0 Å². The fourth-order valence-corrected chi connectivity index (χ4v) is 4.07. The van der Waals surface area contributed by atoms with Crippen LogP contribution in [0.25, 0.3) is 0 Å². The number of carbonyl (C=O) groups is 1. The summed E-state index contributed by atoms with van der Waals surface area (Å²) in [5, 5.41) is 11.5. The van der Waals surface area contributed by atoms with Crippen LogP contribution >= 0.6 is 0 Å². The molecule has 0 saturated carbocycles. The van der Waals surface area contributed by atoms with Crippen molar-refractivity contribution < 1.29 is 14.4 Å². The molecule has 3 nitrogen and oxygen atoms in total. The van der Waals surface area contributed by atoms with Crippen LogP contribution in [0.1, 0.15) is 43.2 Å². The minimum atomic E-state index is -1.26. The van der Waals surface area contributed by atoms with Crippen molar-refractivity contribution in [2.75, 3.05) is 26.7 Å². The van der Waals surface area contributed by atoms with Gasteiger partial charge in [-0.15, -0.1) is 0 Å². The third-order valence-corrected chi connectivity index (χ3v) is 5.78. The van der Waals surface area contributed by atoms with Crippen LogP contribution in [0.3, 0.4) is 0 Å². The molecular weight excluding hydrogens is 322 g/mol. The zero-order chi connectivity index (χ0) is 18.5. The minimum absolute atomic E-state index is 0.126. The number of hydrogen-bond acceptors (Lipinski definition) is 2. The number of Topliss-reactive ketones (excluding diaryl/α,β-unsaturated/α-hetero) is 1. The molecule has 1 N–H and O–H groups in total. The predicted octanol–water partition coefficient (Wildman–Crippen LogP) is 3.90. The highest BCUT2D eigenvalue weighted by Crippen LogP contribution is 2.33. The summed E-state index contributed by atoms with van der Waals surface area (Å²) < 4.78 is 0.987. The number of ketones is 1. The van der Waals surface area contributed by atoms with Gasteiger partial charge < -0.3 is 9.59 Å². The lowest BCUT2D eigenvalue weighted by Crippen LogP contribution is -2.49. The monoisotopic (exact) mass is 352 g/mol. The third kappa shape index (κ3) is 4.40. The molecular formula is C23H30NO2+. The van der Waals surface area contributed by atoms with Gasteiger partial charge in [0, 0.05) is 6.42 Å². The van der Waals surface area contributed by atoms with E-state index >= 15 is 0 Å². The van der Waals surface area contributed by atoms with Gasteiger partial charge >= 0.3 is 0 Å². The zero-order valence-electron chi connectivity index (χ0n) is 15.7. The summed E-state index contributed by atoms with van der Waals surface area (Å²) in [6.07, 6.45) is 4.47. The van der Waals surface area contributed by atoms with E-state index in [4.69, 9.17) is 0 Å². The molecule has 3 rings (SSSR count). The molecule has 26 heavy (non-hydrogen) atoms. The first-order chi connectivity index (χ1) is 12.5.